The van der Waals surface area contributed by atoms with Gasteiger partial charge in [-0.2, -0.15) is 0 Å². The molecule has 2 fully saturated rings. The number of hydrogen-bond donors (Lipinski definition) is 1. The molecule has 0 radical (unpaired) electrons. The summed E-state index contributed by atoms with van der Waals surface area (Å²) in [5.41, 5.74) is -0.929. The average molecular weight is 182 g/mol. The Kier molecular flexibility index (Phi) is 1.74. The molecule has 0 atom stereocenters. The van der Waals surface area contributed by atoms with Crippen molar-refractivity contribution in [3.8, 4) is 0 Å². The van der Waals surface area contributed by atoms with E-state index in [1.54, 1.807) is 0 Å². The highest BCUT2D eigenvalue weighted by molar-refractivity contribution is 5.81. The van der Waals surface area contributed by atoms with Crippen LogP contribution in [0.15, 0.2) is 12.7 Å². The highest BCUT2D eigenvalue weighted by Crippen LogP contribution is 2.52. The molecule has 0 saturated heterocycles. The molecule has 0 aromatic rings. The zero-order valence-corrected chi connectivity index (χ0v) is 7.58. The van der Waals surface area contributed by atoms with Gasteiger partial charge in [0.1, 0.15) is 5.60 Å². The van der Waals surface area contributed by atoms with E-state index < -0.39 is 5.60 Å². The quantitative estimate of drug-likeness (QED) is 0.515. The van der Waals surface area contributed by atoms with Crippen LogP contribution in [0.2, 0.25) is 0 Å². The predicted octanol–water partition coefficient (Wildman–Crippen LogP) is 1.16. The summed E-state index contributed by atoms with van der Waals surface area (Å²) < 4.78 is 5.29. The van der Waals surface area contributed by atoms with E-state index in [1.807, 2.05) is 0 Å². The fourth-order valence-corrected chi connectivity index (χ4v) is 2.52. The third-order valence-electron chi connectivity index (χ3n) is 3.23. The van der Waals surface area contributed by atoms with Crippen LogP contribution in [0.1, 0.15) is 32.1 Å². The first-order chi connectivity index (χ1) is 6.08. The standard InChI is InChI=1S/C10H14O3/c1-2-8(11)13-10-5-3-9(12,7-10)4-6-10/h2,12H,1,3-7H2. The summed E-state index contributed by atoms with van der Waals surface area (Å²) in [6.45, 7) is 3.36. The molecule has 2 rings (SSSR count). The molecule has 3 heteroatoms. The fourth-order valence-electron chi connectivity index (χ4n) is 2.52. The van der Waals surface area contributed by atoms with Crippen molar-refractivity contribution < 1.29 is 14.6 Å². The first-order valence-electron chi connectivity index (χ1n) is 4.65. The molecule has 2 aliphatic rings. The van der Waals surface area contributed by atoms with Crippen LogP contribution < -0.4 is 0 Å². The topological polar surface area (TPSA) is 46.5 Å². The maximum Gasteiger partial charge on any atom is 0.330 e. The zero-order chi connectivity index (χ0) is 9.53. The highest BCUT2D eigenvalue weighted by Gasteiger charge is 2.55. The van der Waals surface area contributed by atoms with Gasteiger partial charge in [0, 0.05) is 12.5 Å². The van der Waals surface area contributed by atoms with E-state index >= 15 is 0 Å². The van der Waals surface area contributed by atoms with Crippen molar-refractivity contribution in [1.82, 2.24) is 0 Å². The molecule has 0 aromatic carbocycles. The summed E-state index contributed by atoms with van der Waals surface area (Å²) in [5, 5.41) is 9.88. The van der Waals surface area contributed by atoms with Gasteiger partial charge in [-0.05, 0) is 25.7 Å². The average Bonchev–Trinajstić information content (AvgIpc) is 2.57. The van der Waals surface area contributed by atoms with Gasteiger partial charge in [0.15, 0.2) is 0 Å². The molecule has 0 aliphatic heterocycles. The Morgan fingerprint density at radius 1 is 1.38 bits per heavy atom. The minimum absolute atomic E-state index is 0.369. The SMILES string of the molecule is C=CC(=O)OC12CCC(O)(CC1)C2. The zero-order valence-electron chi connectivity index (χ0n) is 7.58. The molecule has 72 valence electrons. The van der Waals surface area contributed by atoms with Crippen LogP contribution in [0.25, 0.3) is 0 Å². The molecule has 2 bridgehead atoms. The number of carbonyl (C=O) groups is 1. The summed E-state index contributed by atoms with van der Waals surface area (Å²) in [6.07, 6.45) is 4.91. The second-order valence-electron chi connectivity index (χ2n) is 4.21. The largest absolute Gasteiger partial charge is 0.456 e. The molecule has 0 heterocycles. The molecule has 0 amide bonds. The van der Waals surface area contributed by atoms with Crippen molar-refractivity contribution in [3.05, 3.63) is 12.7 Å². The maximum absolute atomic E-state index is 11.0. The van der Waals surface area contributed by atoms with Crippen LogP contribution in [-0.4, -0.2) is 22.3 Å². The lowest BCUT2D eigenvalue weighted by atomic mass is 9.95. The smallest absolute Gasteiger partial charge is 0.330 e. The predicted molar refractivity (Wildman–Crippen MR) is 47.1 cm³/mol. The van der Waals surface area contributed by atoms with E-state index in [2.05, 4.69) is 6.58 Å². The molecular weight excluding hydrogens is 168 g/mol. The van der Waals surface area contributed by atoms with Gasteiger partial charge >= 0.3 is 5.97 Å². The van der Waals surface area contributed by atoms with Crippen LogP contribution in [0.3, 0.4) is 0 Å². The van der Waals surface area contributed by atoms with Crippen LogP contribution in [-0.2, 0) is 9.53 Å². The minimum Gasteiger partial charge on any atom is -0.456 e. The van der Waals surface area contributed by atoms with Gasteiger partial charge in [0.05, 0.1) is 5.60 Å². The van der Waals surface area contributed by atoms with Crippen LogP contribution >= 0.6 is 0 Å². The van der Waals surface area contributed by atoms with E-state index in [1.165, 1.54) is 6.08 Å². The van der Waals surface area contributed by atoms with E-state index in [0.717, 1.165) is 25.7 Å². The molecule has 2 aliphatic carbocycles. The Hall–Kier alpha value is -0.830. The van der Waals surface area contributed by atoms with Gasteiger partial charge in [-0.15, -0.1) is 0 Å². The van der Waals surface area contributed by atoms with Gasteiger partial charge in [-0.25, -0.2) is 4.79 Å². The van der Waals surface area contributed by atoms with Crippen molar-refractivity contribution >= 4 is 5.97 Å². The molecule has 0 unspecified atom stereocenters. The van der Waals surface area contributed by atoms with Crippen LogP contribution in [0, 0.1) is 0 Å². The van der Waals surface area contributed by atoms with Gasteiger partial charge in [0.25, 0.3) is 0 Å². The van der Waals surface area contributed by atoms with E-state index in [4.69, 9.17) is 4.74 Å². The second-order valence-corrected chi connectivity index (χ2v) is 4.21. The summed E-state index contributed by atoms with van der Waals surface area (Å²) >= 11 is 0. The van der Waals surface area contributed by atoms with Gasteiger partial charge in [-0.1, -0.05) is 6.58 Å². The highest BCUT2D eigenvalue weighted by atomic mass is 16.6. The molecule has 1 N–H and O–H groups in total. The number of aliphatic hydroxyl groups is 1. The maximum atomic E-state index is 11.0. The molecular formula is C10H14O3. The van der Waals surface area contributed by atoms with Crippen molar-refractivity contribution in [1.29, 1.82) is 0 Å². The second kappa shape index (κ2) is 2.58. The lowest BCUT2D eigenvalue weighted by molar-refractivity contribution is -0.152. The number of fused-ring (bicyclic) bond motifs is 2. The normalized spacial score (nSPS) is 41.9. The molecule has 3 nitrogen and oxygen atoms in total. The first kappa shape index (κ1) is 8.75. The van der Waals surface area contributed by atoms with Gasteiger partial charge in [-0.3, -0.25) is 0 Å². The van der Waals surface area contributed by atoms with Gasteiger partial charge in [0.2, 0.25) is 0 Å². The third kappa shape index (κ3) is 1.37. The minimum atomic E-state index is -0.554. The van der Waals surface area contributed by atoms with E-state index in [0.29, 0.717) is 6.42 Å². The van der Waals surface area contributed by atoms with Crippen LogP contribution in [0.4, 0.5) is 0 Å². The molecule has 0 spiro atoms. The Labute approximate surface area is 77.4 Å². The third-order valence-corrected chi connectivity index (χ3v) is 3.23. The Morgan fingerprint density at radius 3 is 2.38 bits per heavy atom. The van der Waals surface area contributed by atoms with Crippen molar-refractivity contribution in [2.45, 2.75) is 43.3 Å². The Bertz CT molecular complexity index is 249. The van der Waals surface area contributed by atoms with E-state index in [9.17, 15) is 9.90 Å². The number of rotatable bonds is 2. The molecule has 13 heavy (non-hydrogen) atoms. The summed E-state index contributed by atoms with van der Waals surface area (Å²) in [5.74, 6) is -0.369. The summed E-state index contributed by atoms with van der Waals surface area (Å²) in [6, 6.07) is 0. The number of carbonyl (C=O) groups excluding carboxylic acids is 1. The van der Waals surface area contributed by atoms with Crippen molar-refractivity contribution in [2.24, 2.45) is 0 Å². The molecule has 2 saturated carbocycles. The van der Waals surface area contributed by atoms with Crippen molar-refractivity contribution in [2.75, 3.05) is 0 Å². The first-order valence-corrected chi connectivity index (χ1v) is 4.65. The number of esters is 1. The Balaban J connectivity index is 2.07. The summed E-state index contributed by atoms with van der Waals surface area (Å²) in [7, 11) is 0. The lowest BCUT2D eigenvalue weighted by Gasteiger charge is -2.25. The summed E-state index contributed by atoms with van der Waals surface area (Å²) in [4.78, 5) is 11.0. The fraction of sp³-hybridized carbons (Fsp3) is 0.700. The number of ether oxygens (including phenoxy) is 1. The monoisotopic (exact) mass is 182 g/mol. The van der Waals surface area contributed by atoms with Gasteiger partial charge < -0.3 is 9.84 Å². The molecule has 0 aromatic heterocycles. The van der Waals surface area contributed by atoms with Crippen LogP contribution in [0.5, 0.6) is 0 Å². The Morgan fingerprint density at radius 2 is 2.00 bits per heavy atom. The van der Waals surface area contributed by atoms with E-state index in [-0.39, 0.29) is 11.6 Å². The lowest BCUT2D eigenvalue weighted by Crippen LogP contribution is -2.29. The number of hydrogen-bond acceptors (Lipinski definition) is 3. The van der Waals surface area contributed by atoms with Crippen molar-refractivity contribution in [3.63, 3.8) is 0 Å².